The second kappa shape index (κ2) is 7.76. The van der Waals surface area contributed by atoms with E-state index < -0.39 is 0 Å². The fraction of sp³-hybridized carbons (Fsp3) is 0.615. The second-order valence-electron chi connectivity index (χ2n) is 4.25. The van der Waals surface area contributed by atoms with Crippen LogP contribution in [0.4, 0.5) is 0 Å². The van der Waals surface area contributed by atoms with E-state index in [1.807, 2.05) is 6.92 Å². The summed E-state index contributed by atoms with van der Waals surface area (Å²) >= 11 is 0. The zero-order chi connectivity index (χ0) is 13.4. The second-order valence-corrected chi connectivity index (χ2v) is 4.25. The fourth-order valence-corrected chi connectivity index (χ4v) is 1.59. The van der Waals surface area contributed by atoms with Crippen molar-refractivity contribution in [2.75, 3.05) is 7.11 Å². The number of hydrogen-bond acceptors (Lipinski definition) is 5. The summed E-state index contributed by atoms with van der Waals surface area (Å²) in [6.45, 7) is 4.51. The minimum absolute atomic E-state index is 0.219. The first-order valence-electron chi connectivity index (χ1n) is 6.26. The van der Waals surface area contributed by atoms with E-state index >= 15 is 0 Å². The molecule has 0 aliphatic heterocycles. The van der Waals surface area contributed by atoms with Gasteiger partial charge in [0.15, 0.2) is 0 Å². The number of ether oxygens (including phenoxy) is 1. The van der Waals surface area contributed by atoms with Crippen LogP contribution >= 0.6 is 0 Å². The van der Waals surface area contributed by atoms with Gasteiger partial charge in [0.2, 0.25) is 0 Å². The quantitative estimate of drug-likeness (QED) is 0.746. The van der Waals surface area contributed by atoms with E-state index in [1.165, 1.54) is 7.11 Å². The molecule has 1 rings (SSSR count). The summed E-state index contributed by atoms with van der Waals surface area (Å²) in [5, 5.41) is 3.16. The Morgan fingerprint density at radius 2 is 2.22 bits per heavy atom. The Balaban J connectivity index is 2.50. The highest BCUT2D eigenvalue weighted by Crippen LogP contribution is 2.04. The minimum Gasteiger partial charge on any atom is -0.468 e. The van der Waals surface area contributed by atoms with Gasteiger partial charge in [0.05, 0.1) is 18.5 Å². The summed E-state index contributed by atoms with van der Waals surface area (Å²) in [6, 6.07) is -0.266. The van der Waals surface area contributed by atoms with E-state index in [9.17, 15) is 4.79 Å². The minimum atomic E-state index is -0.266. The van der Waals surface area contributed by atoms with Gasteiger partial charge >= 0.3 is 5.97 Å². The molecule has 5 heteroatoms. The third-order valence-electron chi connectivity index (χ3n) is 2.70. The van der Waals surface area contributed by atoms with E-state index in [4.69, 9.17) is 4.74 Å². The van der Waals surface area contributed by atoms with Gasteiger partial charge in [0.1, 0.15) is 6.04 Å². The Morgan fingerprint density at radius 1 is 1.44 bits per heavy atom. The van der Waals surface area contributed by atoms with Crippen LogP contribution in [-0.2, 0) is 16.1 Å². The molecule has 0 amide bonds. The van der Waals surface area contributed by atoms with Crippen molar-refractivity contribution in [3.63, 3.8) is 0 Å². The van der Waals surface area contributed by atoms with Crippen LogP contribution in [0.3, 0.4) is 0 Å². The van der Waals surface area contributed by atoms with Crippen molar-refractivity contribution in [3.05, 3.63) is 23.8 Å². The topological polar surface area (TPSA) is 64.1 Å². The highest BCUT2D eigenvalue weighted by atomic mass is 16.5. The van der Waals surface area contributed by atoms with Crippen LogP contribution in [0.1, 0.15) is 37.6 Å². The van der Waals surface area contributed by atoms with E-state index in [0.29, 0.717) is 6.54 Å². The third kappa shape index (κ3) is 4.79. The summed E-state index contributed by atoms with van der Waals surface area (Å²) in [5.41, 5.74) is 1.71. The molecule has 1 atom stereocenters. The summed E-state index contributed by atoms with van der Waals surface area (Å²) in [6.07, 6.45) is 6.26. The molecule has 0 radical (unpaired) electrons. The molecule has 1 heterocycles. The van der Waals surface area contributed by atoms with Gasteiger partial charge in [0, 0.05) is 18.9 Å². The Morgan fingerprint density at radius 3 is 2.78 bits per heavy atom. The maximum absolute atomic E-state index is 11.6. The van der Waals surface area contributed by atoms with Crippen LogP contribution in [0, 0.1) is 6.92 Å². The monoisotopic (exact) mass is 251 g/mol. The molecular weight excluding hydrogens is 230 g/mol. The number of methoxy groups -OCH3 is 1. The van der Waals surface area contributed by atoms with Crippen molar-refractivity contribution in [2.24, 2.45) is 0 Å². The summed E-state index contributed by atoms with van der Waals surface area (Å²) in [7, 11) is 1.41. The Bertz CT molecular complexity index is 365. The van der Waals surface area contributed by atoms with Crippen molar-refractivity contribution in [2.45, 2.75) is 45.7 Å². The lowest BCUT2D eigenvalue weighted by Crippen LogP contribution is -2.37. The molecule has 1 unspecified atom stereocenters. The first kappa shape index (κ1) is 14.6. The average Bonchev–Trinajstić information content (AvgIpc) is 2.40. The fourth-order valence-electron chi connectivity index (χ4n) is 1.59. The smallest absolute Gasteiger partial charge is 0.322 e. The zero-order valence-corrected chi connectivity index (χ0v) is 11.3. The molecule has 100 valence electrons. The van der Waals surface area contributed by atoms with Crippen molar-refractivity contribution < 1.29 is 9.53 Å². The van der Waals surface area contributed by atoms with E-state index in [2.05, 4.69) is 22.2 Å². The Hall–Kier alpha value is -1.49. The van der Waals surface area contributed by atoms with Crippen LogP contribution < -0.4 is 5.32 Å². The lowest BCUT2D eigenvalue weighted by Gasteiger charge is -2.15. The molecule has 0 saturated heterocycles. The van der Waals surface area contributed by atoms with Crippen molar-refractivity contribution in [1.82, 2.24) is 15.3 Å². The van der Waals surface area contributed by atoms with Gasteiger partial charge in [-0.15, -0.1) is 0 Å². The highest BCUT2D eigenvalue weighted by molar-refractivity contribution is 5.75. The largest absolute Gasteiger partial charge is 0.468 e. The van der Waals surface area contributed by atoms with Gasteiger partial charge in [-0.05, 0) is 13.3 Å². The van der Waals surface area contributed by atoms with Crippen LogP contribution in [0.15, 0.2) is 12.4 Å². The van der Waals surface area contributed by atoms with E-state index in [1.54, 1.807) is 12.4 Å². The van der Waals surface area contributed by atoms with Crippen LogP contribution in [-0.4, -0.2) is 29.1 Å². The molecule has 0 bridgehead atoms. The molecule has 0 saturated carbocycles. The van der Waals surface area contributed by atoms with Crippen LogP contribution in [0.2, 0.25) is 0 Å². The molecule has 0 aromatic carbocycles. The summed E-state index contributed by atoms with van der Waals surface area (Å²) in [4.78, 5) is 20.0. The first-order chi connectivity index (χ1) is 8.67. The number of esters is 1. The summed E-state index contributed by atoms with van der Waals surface area (Å²) < 4.78 is 4.78. The number of aromatic nitrogens is 2. The summed E-state index contributed by atoms with van der Waals surface area (Å²) in [5.74, 6) is -0.219. The molecule has 18 heavy (non-hydrogen) atoms. The van der Waals surface area contributed by atoms with Crippen LogP contribution in [0.25, 0.3) is 0 Å². The number of carbonyl (C=O) groups excluding carboxylic acids is 1. The maximum atomic E-state index is 11.6. The highest BCUT2D eigenvalue weighted by Gasteiger charge is 2.17. The van der Waals surface area contributed by atoms with Gasteiger partial charge in [-0.2, -0.15) is 0 Å². The zero-order valence-electron chi connectivity index (χ0n) is 11.3. The van der Waals surface area contributed by atoms with Gasteiger partial charge in [-0.25, -0.2) is 0 Å². The van der Waals surface area contributed by atoms with Gasteiger partial charge < -0.3 is 4.74 Å². The lowest BCUT2D eigenvalue weighted by molar-refractivity contribution is -0.143. The Labute approximate surface area is 108 Å². The first-order valence-corrected chi connectivity index (χ1v) is 6.26. The molecule has 0 aliphatic rings. The predicted octanol–water partition coefficient (Wildman–Crippen LogP) is 1.61. The van der Waals surface area contributed by atoms with Gasteiger partial charge in [-0.1, -0.05) is 19.8 Å². The van der Waals surface area contributed by atoms with Gasteiger partial charge in [0.25, 0.3) is 0 Å². The van der Waals surface area contributed by atoms with Crippen molar-refractivity contribution in [1.29, 1.82) is 0 Å². The molecule has 0 spiro atoms. The SMILES string of the molecule is CCCCC(NCc1cnc(C)cn1)C(=O)OC. The van der Waals surface area contributed by atoms with E-state index in [0.717, 1.165) is 30.7 Å². The molecular formula is C13H21N3O2. The maximum Gasteiger partial charge on any atom is 0.322 e. The molecule has 1 N–H and O–H groups in total. The number of unbranched alkanes of at least 4 members (excludes halogenated alkanes) is 1. The predicted molar refractivity (Wildman–Crippen MR) is 68.9 cm³/mol. The molecule has 5 nitrogen and oxygen atoms in total. The number of carbonyl (C=O) groups is 1. The standard InChI is InChI=1S/C13H21N3O2/c1-4-5-6-12(13(17)18-3)16-9-11-8-14-10(2)7-15-11/h7-8,12,16H,4-6,9H2,1-3H3. The molecule has 0 fully saturated rings. The lowest BCUT2D eigenvalue weighted by atomic mass is 10.1. The normalized spacial score (nSPS) is 12.2. The average molecular weight is 251 g/mol. The van der Waals surface area contributed by atoms with Gasteiger partial charge in [-0.3, -0.25) is 20.1 Å². The van der Waals surface area contributed by atoms with Crippen LogP contribution in [0.5, 0.6) is 0 Å². The van der Waals surface area contributed by atoms with Crippen molar-refractivity contribution >= 4 is 5.97 Å². The molecule has 1 aromatic heterocycles. The van der Waals surface area contributed by atoms with E-state index in [-0.39, 0.29) is 12.0 Å². The molecule has 0 aliphatic carbocycles. The number of hydrogen-bond donors (Lipinski definition) is 1. The number of nitrogens with one attached hydrogen (secondary N) is 1. The van der Waals surface area contributed by atoms with Crippen molar-refractivity contribution in [3.8, 4) is 0 Å². The number of aryl methyl sites for hydroxylation is 1. The number of rotatable bonds is 7. The Kier molecular flexibility index (Phi) is 6.28. The molecule has 1 aromatic rings. The number of nitrogens with zero attached hydrogens (tertiary/aromatic N) is 2. The third-order valence-corrected chi connectivity index (χ3v) is 2.70.